The standard InChI is InChI=1S/C20H28N4O3S/c1-4-5-13-10-17(25)22(2)12-16-21-19-18(20(26)24(13)16)14-6-7-23(8-9-27-3)11-15(14)28-19/h13H,4-12H2,1-3H3. The molecular weight excluding hydrogens is 376 g/mol. The normalized spacial score (nSPS) is 20.3. The van der Waals surface area contributed by atoms with Gasteiger partial charge in [-0.25, -0.2) is 4.98 Å². The van der Waals surface area contributed by atoms with Crippen LogP contribution in [0.5, 0.6) is 0 Å². The molecule has 1 amide bonds. The number of thiophene rings is 1. The highest BCUT2D eigenvalue weighted by Crippen LogP contribution is 2.34. The van der Waals surface area contributed by atoms with E-state index in [2.05, 4.69) is 11.8 Å². The highest BCUT2D eigenvalue weighted by molar-refractivity contribution is 7.18. The number of hydrogen-bond acceptors (Lipinski definition) is 6. The summed E-state index contributed by atoms with van der Waals surface area (Å²) in [7, 11) is 3.52. The molecule has 28 heavy (non-hydrogen) atoms. The Morgan fingerprint density at radius 1 is 1.29 bits per heavy atom. The van der Waals surface area contributed by atoms with Gasteiger partial charge in [-0.1, -0.05) is 13.3 Å². The van der Waals surface area contributed by atoms with Gasteiger partial charge in [0.2, 0.25) is 5.91 Å². The quantitative estimate of drug-likeness (QED) is 0.764. The van der Waals surface area contributed by atoms with Gasteiger partial charge in [0.15, 0.2) is 0 Å². The third kappa shape index (κ3) is 3.38. The molecular formula is C20H28N4O3S. The summed E-state index contributed by atoms with van der Waals surface area (Å²) < 4.78 is 7.04. The first-order valence-corrected chi connectivity index (χ1v) is 10.9. The fourth-order valence-electron chi connectivity index (χ4n) is 4.36. The summed E-state index contributed by atoms with van der Waals surface area (Å²) in [5, 5.41) is 0.785. The van der Waals surface area contributed by atoms with E-state index in [0.29, 0.717) is 19.6 Å². The van der Waals surface area contributed by atoms with Gasteiger partial charge in [-0.3, -0.25) is 19.1 Å². The van der Waals surface area contributed by atoms with Crippen molar-refractivity contribution in [3.63, 3.8) is 0 Å². The molecule has 4 heterocycles. The van der Waals surface area contributed by atoms with Crippen LogP contribution >= 0.6 is 11.3 Å². The van der Waals surface area contributed by atoms with Crippen LogP contribution in [0.25, 0.3) is 10.2 Å². The van der Waals surface area contributed by atoms with E-state index in [1.807, 2.05) is 4.57 Å². The maximum absolute atomic E-state index is 13.6. The number of hydrogen-bond donors (Lipinski definition) is 0. The lowest BCUT2D eigenvalue weighted by Gasteiger charge is -2.26. The van der Waals surface area contributed by atoms with Crippen LogP contribution in [0.2, 0.25) is 0 Å². The zero-order valence-corrected chi connectivity index (χ0v) is 17.7. The lowest BCUT2D eigenvalue weighted by Crippen LogP contribution is -2.33. The number of nitrogens with zero attached hydrogens (tertiary/aromatic N) is 4. The summed E-state index contributed by atoms with van der Waals surface area (Å²) in [6.45, 7) is 5.89. The highest BCUT2D eigenvalue weighted by Gasteiger charge is 2.30. The van der Waals surface area contributed by atoms with Crippen LogP contribution in [-0.2, 0) is 29.0 Å². The topological polar surface area (TPSA) is 67.7 Å². The molecule has 0 aliphatic carbocycles. The van der Waals surface area contributed by atoms with Crippen LogP contribution < -0.4 is 5.56 Å². The van der Waals surface area contributed by atoms with E-state index in [9.17, 15) is 9.59 Å². The van der Waals surface area contributed by atoms with Crippen LogP contribution in [0.1, 0.15) is 48.5 Å². The van der Waals surface area contributed by atoms with Gasteiger partial charge in [-0.05, 0) is 18.4 Å². The Bertz CT molecular complexity index is 951. The number of ether oxygens (including phenoxy) is 1. The number of amides is 1. The largest absolute Gasteiger partial charge is 0.383 e. The van der Waals surface area contributed by atoms with Crippen molar-refractivity contribution in [2.24, 2.45) is 0 Å². The molecule has 0 N–H and O–H groups in total. The predicted molar refractivity (Wildman–Crippen MR) is 110 cm³/mol. The third-order valence-corrected chi connectivity index (χ3v) is 6.98. The number of carbonyl (C=O) groups excluding carboxylic acids is 1. The molecule has 2 aromatic heterocycles. The van der Waals surface area contributed by atoms with Crippen molar-refractivity contribution in [2.75, 3.05) is 33.9 Å². The molecule has 152 valence electrons. The first kappa shape index (κ1) is 19.5. The minimum atomic E-state index is -0.0980. The molecule has 7 nitrogen and oxygen atoms in total. The van der Waals surface area contributed by atoms with E-state index in [-0.39, 0.29) is 17.5 Å². The van der Waals surface area contributed by atoms with E-state index in [4.69, 9.17) is 9.72 Å². The zero-order chi connectivity index (χ0) is 19.8. The predicted octanol–water partition coefficient (Wildman–Crippen LogP) is 2.17. The third-order valence-electron chi connectivity index (χ3n) is 5.87. The first-order chi connectivity index (χ1) is 13.5. The molecule has 0 saturated heterocycles. The van der Waals surface area contributed by atoms with Gasteiger partial charge in [0, 0.05) is 51.1 Å². The van der Waals surface area contributed by atoms with Crippen LogP contribution in [0.4, 0.5) is 0 Å². The summed E-state index contributed by atoms with van der Waals surface area (Å²) in [6.07, 6.45) is 2.99. The second-order valence-corrected chi connectivity index (χ2v) is 8.89. The second-order valence-electron chi connectivity index (χ2n) is 7.80. The summed E-state index contributed by atoms with van der Waals surface area (Å²) in [5.74, 6) is 0.807. The Kier molecular flexibility index (Phi) is 5.53. The molecule has 0 fully saturated rings. The van der Waals surface area contributed by atoms with E-state index >= 15 is 0 Å². The Morgan fingerprint density at radius 2 is 2.11 bits per heavy atom. The second kappa shape index (κ2) is 7.93. The van der Waals surface area contributed by atoms with Crippen LogP contribution in [0, 0.1) is 0 Å². The minimum Gasteiger partial charge on any atom is -0.383 e. The minimum absolute atomic E-state index is 0.0457. The van der Waals surface area contributed by atoms with Crippen molar-refractivity contribution in [1.82, 2.24) is 19.4 Å². The molecule has 0 radical (unpaired) electrons. The number of aromatic nitrogens is 2. The SMILES string of the molecule is CCCC1CC(=O)N(C)Cc2nc3sc4c(c3c(=O)n21)CCN(CCOC)C4. The fraction of sp³-hybridized carbons (Fsp3) is 0.650. The molecule has 0 aromatic carbocycles. The Hall–Kier alpha value is -1.77. The van der Waals surface area contributed by atoms with Gasteiger partial charge < -0.3 is 9.64 Å². The van der Waals surface area contributed by atoms with Gasteiger partial charge in [0.1, 0.15) is 10.7 Å². The number of carbonyl (C=O) groups is 1. The van der Waals surface area contributed by atoms with Gasteiger partial charge in [0.05, 0.1) is 18.5 Å². The first-order valence-electron chi connectivity index (χ1n) is 10.0. The van der Waals surface area contributed by atoms with Crippen molar-refractivity contribution >= 4 is 27.5 Å². The van der Waals surface area contributed by atoms with Gasteiger partial charge in [-0.15, -0.1) is 11.3 Å². The smallest absolute Gasteiger partial charge is 0.262 e. The average molecular weight is 405 g/mol. The van der Waals surface area contributed by atoms with Crippen LogP contribution in [0.3, 0.4) is 0 Å². The van der Waals surface area contributed by atoms with Crippen molar-refractivity contribution in [1.29, 1.82) is 0 Å². The average Bonchev–Trinajstić information content (AvgIpc) is 2.98. The van der Waals surface area contributed by atoms with E-state index in [0.717, 1.165) is 54.9 Å². The molecule has 1 atom stereocenters. The molecule has 0 bridgehead atoms. The zero-order valence-electron chi connectivity index (χ0n) is 16.9. The van der Waals surface area contributed by atoms with Crippen molar-refractivity contribution in [2.45, 2.75) is 51.7 Å². The summed E-state index contributed by atoms with van der Waals surface area (Å²) in [4.78, 5) is 37.0. The molecule has 2 aliphatic rings. The summed E-state index contributed by atoms with van der Waals surface area (Å²) >= 11 is 1.64. The maximum atomic E-state index is 13.6. The monoisotopic (exact) mass is 404 g/mol. The van der Waals surface area contributed by atoms with Crippen molar-refractivity contribution in [3.05, 3.63) is 26.6 Å². The lowest BCUT2D eigenvalue weighted by atomic mass is 10.0. The maximum Gasteiger partial charge on any atom is 0.262 e. The van der Waals surface area contributed by atoms with Gasteiger partial charge >= 0.3 is 0 Å². The summed E-state index contributed by atoms with van der Waals surface area (Å²) in [6, 6.07) is -0.0980. The Labute approximate surface area is 168 Å². The van der Waals surface area contributed by atoms with Gasteiger partial charge in [0.25, 0.3) is 5.56 Å². The molecule has 0 saturated carbocycles. The molecule has 2 aromatic rings. The summed E-state index contributed by atoms with van der Waals surface area (Å²) in [5.41, 5.74) is 1.21. The number of methoxy groups -OCH3 is 1. The van der Waals surface area contributed by atoms with E-state index < -0.39 is 0 Å². The molecule has 0 spiro atoms. The highest BCUT2D eigenvalue weighted by atomic mass is 32.1. The molecule has 2 aliphatic heterocycles. The van der Waals surface area contributed by atoms with Gasteiger partial charge in [-0.2, -0.15) is 0 Å². The molecule has 1 unspecified atom stereocenters. The number of rotatable bonds is 5. The van der Waals surface area contributed by atoms with Crippen LogP contribution in [0.15, 0.2) is 4.79 Å². The van der Waals surface area contributed by atoms with Crippen LogP contribution in [-0.4, -0.2) is 59.1 Å². The van der Waals surface area contributed by atoms with Crippen molar-refractivity contribution in [3.8, 4) is 0 Å². The van der Waals surface area contributed by atoms with E-state index in [1.165, 1.54) is 10.4 Å². The van der Waals surface area contributed by atoms with Crippen molar-refractivity contribution < 1.29 is 9.53 Å². The number of fused-ring (bicyclic) bond motifs is 4. The Balaban J connectivity index is 1.80. The Morgan fingerprint density at radius 3 is 2.86 bits per heavy atom. The lowest BCUT2D eigenvalue weighted by molar-refractivity contribution is -0.130. The fourth-order valence-corrected chi connectivity index (χ4v) is 5.63. The molecule has 8 heteroatoms. The van der Waals surface area contributed by atoms with E-state index in [1.54, 1.807) is 30.4 Å². The molecule has 4 rings (SSSR count).